The molecule has 1 aromatic rings. The molecule has 2 fully saturated rings. The molecule has 1 heterocycles. The van der Waals surface area contributed by atoms with Crippen molar-refractivity contribution in [3.8, 4) is 5.88 Å². The van der Waals surface area contributed by atoms with Crippen molar-refractivity contribution in [2.75, 3.05) is 0 Å². The van der Waals surface area contributed by atoms with Crippen LogP contribution < -0.4 is 4.74 Å². The summed E-state index contributed by atoms with van der Waals surface area (Å²) in [5, 5.41) is 0.402. The molecule has 0 spiro atoms. The van der Waals surface area contributed by atoms with Gasteiger partial charge in [0.05, 0.1) is 11.7 Å². The van der Waals surface area contributed by atoms with E-state index in [9.17, 15) is 0 Å². The van der Waals surface area contributed by atoms with Crippen molar-refractivity contribution in [3.63, 3.8) is 0 Å². The lowest BCUT2D eigenvalue weighted by Crippen LogP contribution is -2.39. The molecule has 3 nitrogen and oxygen atoms in total. The van der Waals surface area contributed by atoms with Gasteiger partial charge in [0, 0.05) is 5.41 Å². The van der Waals surface area contributed by atoms with Gasteiger partial charge in [-0.05, 0) is 30.6 Å². The second-order valence-corrected chi connectivity index (χ2v) is 6.96. The lowest BCUT2D eigenvalue weighted by molar-refractivity contribution is 0.0279. The quantitative estimate of drug-likeness (QED) is 0.822. The largest absolute Gasteiger partial charge is 0.471 e. The SMILES string of the molecule is CC1(C)C2CCC1(C)C(Oc1nsnc1Cl)C2. The molecule has 17 heavy (non-hydrogen) atoms. The maximum atomic E-state index is 6.02. The van der Waals surface area contributed by atoms with Crippen LogP contribution in [0.4, 0.5) is 0 Å². The van der Waals surface area contributed by atoms with Gasteiger partial charge in [-0.15, -0.1) is 4.37 Å². The van der Waals surface area contributed by atoms with Gasteiger partial charge in [0.2, 0.25) is 5.15 Å². The van der Waals surface area contributed by atoms with Crippen molar-refractivity contribution in [1.29, 1.82) is 0 Å². The zero-order chi connectivity index (χ0) is 12.3. The Morgan fingerprint density at radius 2 is 2.12 bits per heavy atom. The average molecular weight is 273 g/mol. The summed E-state index contributed by atoms with van der Waals surface area (Å²) in [5.41, 5.74) is 0.595. The minimum atomic E-state index is 0.234. The lowest BCUT2D eigenvalue weighted by atomic mass is 9.70. The minimum absolute atomic E-state index is 0.234. The van der Waals surface area contributed by atoms with E-state index in [1.807, 2.05) is 0 Å². The molecule has 0 saturated heterocycles. The summed E-state index contributed by atoms with van der Waals surface area (Å²) >= 11 is 7.06. The van der Waals surface area contributed by atoms with Crippen LogP contribution in [0.15, 0.2) is 0 Å². The number of rotatable bonds is 2. The zero-order valence-corrected chi connectivity index (χ0v) is 11.9. The van der Waals surface area contributed by atoms with Crippen molar-refractivity contribution >= 4 is 23.3 Å². The summed E-state index contributed by atoms with van der Waals surface area (Å²) in [6, 6.07) is 0. The Balaban J connectivity index is 1.86. The Morgan fingerprint density at radius 3 is 2.59 bits per heavy atom. The van der Waals surface area contributed by atoms with Gasteiger partial charge in [0.25, 0.3) is 5.88 Å². The number of ether oxygens (including phenoxy) is 1. The molecule has 0 radical (unpaired) electrons. The molecule has 5 heteroatoms. The molecular formula is C12H17ClN2OS. The predicted octanol–water partition coefficient (Wildman–Crippen LogP) is 3.79. The Kier molecular flexibility index (Phi) is 2.47. The van der Waals surface area contributed by atoms with Crippen LogP contribution in [0.5, 0.6) is 5.88 Å². The van der Waals surface area contributed by atoms with Crippen molar-refractivity contribution in [2.24, 2.45) is 16.7 Å². The van der Waals surface area contributed by atoms with E-state index in [2.05, 4.69) is 29.5 Å². The van der Waals surface area contributed by atoms with Crippen LogP contribution in [0, 0.1) is 16.7 Å². The molecule has 0 amide bonds. The normalized spacial score (nSPS) is 38.6. The number of nitrogens with zero attached hydrogens (tertiary/aromatic N) is 2. The number of hydrogen-bond acceptors (Lipinski definition) is 4. The molecule has 0 N–H and O–H groups in total. The molecule has 2 aliphatic rings. The first kappa shape index (κ1) is 11.7. The number of hydrogen-bond donors (Lipinski definition) is 0. The molecule has 0 aliphatic heterocycles. The highest BCUT2D eigenvalue weighted by molar-refractivity contribution is 6.99. The maximum Gasteiger partial charge on any atom is 0.265 e. The second-order valence-electron chi connectivity index (χ2n) is 6.08. The van der Waals surface area contributed by atoms with Gasteiger partial charge in [-0.1, -0.05) is 32.4 Å². The summed E-state index contributed by atoms with van der Waals surface area (Å²) in [5.74, 6) is 1.29. The summed E-state index contributed by atoms with van der Waals surface area (Å²) in [6.07, 6.45) is 3.92. The molecule has 3 unspecified atom stereocenters. The Morgan fingerprint density at radius 1 is 1.35 bits per heavy atom. The van der Waals surface area contributed by atoms with Crippen LogP contribution in [0.1, 0.15) is 40.0 Å². The second kappa shape index (κ2) is 3.58. The molecule has 3 atom stereocenters. The maximum absolute atomic E-state index is 6.02. The molecule has 1 aromatic heterocycles. The Labute approximate surface area is 111 Å². The highest BCUT2D eigenvalue weighted by Gasteiger charge is 2.62. The highest BCUT2D eigenvalue weighted by Crippen LogP contribution is 2.66. The van der Waals surface area contributed by atoms with Gasteiger partial charge in [0.15, 0.2) is 0 Å². The first-order chi connectivity index (χ1) is 7.95. The van der Waals surface area contributed by atoms with Crippen LogP contribution in [0.2, 0.25) is 5.15 Å². The topological polar surface area (TPSA) is 35.0 Å². The standard InChI is InChI=1S/C12H17ClN2OS/c1-11(2)7-4-5-12(11,3)8(6-7)16-10-9(13)14-17-15-10/h7-8H,4-6H2,1-3H3. The van der Waals surface area contributed by atoms with E-state index >= 15 is 0 Å². The van der Waals surface area contributed by atoms with Crippen molar-refractivity contribution in [2.45, 2.75) is 46.1 Å². The fourth-order valence-electron chi connectivity index (χ4n) is 3.68. The van der Waals surface area contributed by atoms with Crippen molar-refractivity contribution in [3.05, 3.63) is 5.15 Å². The van der Waals surface area contributed by atoms with Gasteiger partial charge in [-0.3, -0.25) is 0 Å². The molecule has 2 saturated carbocycles. The van der Waals surface area contributed by atoms with Gasteiger partial charge in [-0.25, -0.2) is 0 Å². The molecule has 2 bridgehead atoms. The molecule has 94 valence electrons. The van der Waals surface area contributed by atoms with E-state index < -0.39 is 0 Å². The number of aromatic nitrogens is 2. The average Bonchev–Trinajstić information content (AvgIpc) is 2.81. The zero-order valence-electron chi connectivity index (χ0n) is 10.4. The Bertz CT molecular complexity index is 447. The van der Waals surface area contributed by atoms with Gasteiger partial charge >= 0.3 is 0 Å². The third kappa shape index (κ3) is 1.46. The molecule has 0 aromatic carbocycles. The molecule has 3 rings (SSSR count). The van der Waals surface area contributed by atoms with E-state index in [0.29, 0.717) is 16.4 Å². The number of fused-ring (bicyclic) bond motifs is 2. The monoisotopic (exact) mass is 272 g/mol. The minimum Gasteiger partial charge on any atom is -0.471 e. The lowest BCUT2D eigenvalue weighted by Gasteiger charge is -2.38. The first-order valence-corrected chi connectivity index (χ1v) is 7.21. The van der Waals surface area contributed by atoms with E-state index in [0.717, 1.165) is 24.1 Å². The number of halogens is 1. The summed E-state index contributed by atoms with van der Waals surface area (Å²) < 4.78 is 14.1. The predicted molar refractivity (Wildman–Crippen MR) is 68.6 cm³/mol. The Hall–Kier alpha value is -0.350. The van der Waals surface area contributed by atoms with E-state index in [1.165, 1.54) is 12.8 Å². The van der Waals surface area contributed by atoms with Crippen LogP contribution in [0.3, 0.4) is 0 Å². The van der Waals surface area contributed by atoms with Crippen LogP contribution >= 0.6 is 23.3 Å². The highest BCUT2D eigenvalue weighted by atomic mass is 35.5. The summed E-state index contributed by atoms with van der Waals surface area (Å²) in [6.45, 7) is 7.09. The van der Waals surface area contributed by atoms with E-state index in [4.69, 9.17) is 16.3 Å². The molecule has 2 aliphatic carbocycles. The van der Waals surface area contributed by atoms with Crippen molar-refractivity contribution < 1.29 is 4.74 Å². The third-order valence-corrected chi connectivity index (χ3v) is 6.25. The van der Waals surface area contributed by atoms with E-state index in [-0.39, 0.29) is 11.5 Å². The fraction of sp³-hybridized carbons (Fsp3) is 0.833. The van der Waals surface area contributed by atoms with Crippen LogP contribution in [-0.4, -0.2) is 14.9 Å². The van der Waals surface area contributed by atoms with Gasteiger partial charge < -0.3 is 4.74 Å². The van der Waals surface area contributed by atoms with Gasteiger partial charge in [-0.2, -0.15) is 4.37 Å². The van der Waals surface area contributed by atoms with Crippen LogP contribution in [-0.2, 0) is 0 Å². The van der Waals surface area contributed by atoms with Gasteiger partial charge in [0.1, 0.15) is 6.10 Å². The fourth-order valence-corrected chi connectivity index (χ4v) is 4.31. The smallest absolute Gasteiger partial charge is 0.265 e. The third-order valence-electron chi connectivity index (χ3n) is 5.39. The summed E-state index contributed by atoms with van der Waals surface area (Å²) in [4.78, 5) is 0. The first-order valence-electron chi connectivity index (χ1n) is 6.10. The van der Waals surface area contributed by atoms with Crippen LogP contribution in [0.25, 0.3) is 0 Å². The summed E-state index contributed by atoms with van der Waals surface area (Å²) in [7, 11) is 0. The van der Waals surface area contributed by atoms with E-state index in [1.54, 1.807) is 0 Å². The molecular weight excluding hydrogens is 256 g/mol. The van der Waals surface area contributed by atoms with Crippen molar-refractivity contribution in [1.82, 2.24) is 8.75 Å².